The molecule has 0 spiro atoms. The first-order valence-electron chi connectivity index (χ1n) is 8.13. The molecule has 7 heteroatoms. The molecule has 0 radical (unpaired) electrons. The van der Waals surface area contributed by atoms with E-state index in [9.17, 15) is 4.79 Å². The van der Waals surface area contributed by atoms with Gasteiger partial charge >= 0.3 is 0 Å². The molecule has 23 heavy (non-hydrogen) atoms. The van der Waals surface area contributed by atoms with E-state index in [-0.39, 0.29) is 12.0 Å². The van der Waals surface area contributed by atoms with Crippen LogP contribution in [0.3, 0.4) is 0 Å². The van der Waals surface area contributed by atoms with Crippen LogP contribution in [-0.2, 0) is 36.0 Å². The van der Waals surface area contributed by atoms with Crippen LogP contribution in [0.4, 0.5) is 0 Å². The molecule has 1 saturated heterocycles. The fraction of sp³-hybridized carbons (Fsp3) is 0.562. The summed E-state index contributed by atoms with van der Waals surface area (Å²) in [6.07, 6.45) is 5.27. The zero-order valence-electron chi connectivity index (χ0n) is 13.4. The first-order chi connectivity index (χ1) is 11.2. The van der Waals surface area contributed by atoms with Crippen molar-refractivity contribution in [2.75, 3.05) is 6.61 Å². The van der Waals surface area contributed by atoms with Crippen molar-refractivity contribution in [1.82, 2.24) is 14.3 Å². The van der Waals surface area contributed by atoms with Crippen LogP contribution in [0.1, 0.15) is 30.3 Å². The predicted molar refractivity (Wildman–Crippen MR) is 87.1 cm³/mol. The van der Waals surface area contributed by atoms with Gasteiger partial charge in [-0.05, 0) is 32.6 Å². The SMILES string of the molecule is CCn1c2c(sc1=NC(=O)C1CCCO1)CCc1c-2cnn1C. The van der Waals surface area contributed by atoms with Crippen LogP contribution in [0, 0.1) is 0 Å². The third-order valence-corrected chi connectivity index (χ3v) is 5.75. The number of amides is 1. The Bertz CT molecular complexity index is 824. The summed E-state index contributed by atoms with van der Waals surface area (Å²) in [6.45, 7) is 3.55. The number of rotatable bonds is 2. The number of aryl methyl sites for hydroxylation is 2. The third-order valence-electron chi connectivity index (χ3n) is 4.61. The average molecular weight is 332 g/mol. The van der Waals surface area contributed by atoms with Crippen LogP contribution in [0.2, 0.25) is 0 Å². The molecule has 0 bridgehead atoms. The van der Waals surface area contributed by atoms with E-state index in [1.807, 2.05) is 17.9 Å². The maximum absolute atomic E-state index is 12.3. The van der Waals surface area contributed by atoms with Crippen LogP contribution in [0.5, 0.6) is 0 Å². The van der Waals surface area contributed by atoms with E-state index in [0.29, 0.717) is 6.61 Å². The Morgan fingerprint density at radius 3 is 3.13 bits per heavy atom. The van der Waals surface area contributed by atoms with Crippen LogP contribution >= 0.6 is 11.3 Å². The third kappa shape index (κ3) is 2.38. The summed E-state index contributed by atoms with van der Waals surface area (Å²) in [7, 11) is 1.98. The van der Waals surface area contributed by atoms with E-state index in [4.69, 9.17) is 4.74 Å². The highest BCUT2D eigenvalue weighted by Gasteiger charge is 2.27. The summed E-state index contributed by atoms with van der Waals surface area (Å²) >= 11 is 1.63. The zero-order chi connectivity index (χ0) is 16.0. The molecule has 2 aliphatic rings. The van der Waals surface area contributed by atoms with Gasteiger partial charge in [-0.2, -0.15) is 10.1 Å². The topological polar surface area (TPSA) is 61.4 Å². The van der Waals surface area contributed by atoms with Gasteiger partial charge < -0.3 is 9.30 Å². The minimum Gasteiger partial charge on any atom is -0.368 e. The lowest BCUT2D eigenvalue weighted by molar-refractivity contribution is -0.126. The minimum absolute atomic E-state index is 0.144. The highest BCUT2D eigenvalue weighted by Crippen LogP contribution is 2.34. The zero-order valence-corrected chi connectivity index (χ0v) is 14.2. The van der Waals surface area contributed by atoms with Gasteiger partial charge in [0.1, 0.15) is 6.10 Å². The van der Waals surface area contributed by atoms with Crippen molar-refractivity contribution in [1.29, 1.82) is 0 Å². The van der Waals surface area contributed by atoms with Gasteiger partial charge in [0.05, 0.1) is 11.9 Å². The van der Waals surface area contributed by atoms with Crippen molar-refractivity contribution in [2.45, 2.75) is 45.3 Å². The molecular weight excluding hydrogens is 312 g/mol. The molecule has 2 aromatic heterocycles. The molecule has 1 atom stereocenters. The van der Waals surface area contributed by atoms with E-state index < -0.39 is 0 Å². The number of nitrogens with zero attached hydrogens (tertiary/aromatic N) is 4. The molecule has 1 fully saturated rings. The van der Waals surface area contributed by atoms with Gasteiger partial charge in [-0.25, -0.2) is 0 Å². The van der Waals surface area contributed by atoms with Gasteiger partial charge in [-0.3, -0.25) is 9.48 Å². The summed E-state index contributed by atoms with van der Waals surface area (Å²) in [5.74, 6) is -0.144. The molecular formula is C16H20N4O2S. The van der Waals surface area contributed by atoms with Crippen LogP contribution < -0.4 is 4.80 Å². The molecule has 2 aromatic rings. The second-order valence-corrected chi connectivity index (χ2v) is 7.04. The molecule has 1 aliphatic heterocycles. The van der Waals surface area contributed by atoms with Crippen molar-refractivity contribution >= 4 is 17.2 Å². The quantitative estimate of drug-likeness (QED) is 0.840. The number of carbonyl (C=O) groups is 1. The van der Waals surface area contributed by atoms with E-state index in [1.54, 1.807) is 11.3 Å². The van der Waals surface area contributed by atoms with Crippen LogP contribution in [0.25, 0.3) is 11.3 Å². The van der Waals surface area contributed by atoms with Crippen molar-refractivity contribution in [2.24, 2.45) is 12.0 Å². The molecule has 1 amide bonds. The Balaban J connectivity index is 1.82. The molecule has 0 aromatic carbocycles. The fourth-order valence-corrected chi connectivity index (χ4v) is 4.64. The number of thiazole rings is 1. The maximum Gasteiger partial charge on any atom is 0.277 e. The summed E-state index contributed by atoms with van der Waals surface area (Å²) in [4.78, 5) is 18.8. The van der Waals surface area contributed by atoms with Gasteiger partial charge in [0.15, 0.2) is 4.80 Å². The Morgan fingerprint density at radius 1 is 1.52 bits per heavy atom. The standard InChI is InChI=1S/C16H20N4O2S/c1-3-20-14-10-9-17-19(2)11(10)6-7-13(14)23-16(20)18-15(21)12-5-4-8-22-12/h9,12H,3-8H2,1-2H3. The number of aromatic nitrogens is 3. The van der Waals surface area contributed by atoms with Crippen molar-refractivity contribution < 1.29 is 9.53 Å². The molecule has 4 rings (SSSR count). The molecule has 1 unspecified atom stereocenters. The molecule has 0 saturated carbocycles. The highest BCUT2D eigenvalue weighted by molar-refractivity contribution is 7.09. The molecule has 0 N–H and O–H groups in total. The first kappa shape index (κ1) is 14.8. The monoisotopic (exact) mass is 332 g/mol. The van der Waals surface area contributed by atoms with E-state index in [0.717, 1.165) is 37.0 Å². The maximum atomic E-state index is 12.3. The van der Waals surface area contributed by atoms with Gasteiger partial charge in [-0.1, -0.05) is 0 Å². The Hall–Kier alpha value is -1.73. The van der Waals surface area contributed by atoms with E-state index >= 15 is 0 Å². The lowest BCUT2D eigenvalue weighted by atomic mass is 10.00. The molecule has 3 heterocycles. The summed E-state index contributed by atoms with van der Waals surface area (Å²) in [6, 6.07) is 0. The highest BCUT2D eigenvalue weighted by atomic mass is 32.1. The van der Waals surface area contributed by atoms with E-state index in [2.05, 4.69) is 21.6 Å². The molecule has 122 valence electrons. The second kappa shape index (κ2) is 5.72. The summed E-state index contributed by atoms with van der Waals surface area (Å²) in [5, 5.41) is 4.40. The van der Waals surface area contributed by atoms with Crippen molar-refractivity contribution in [3.8, 4) is 11.3 Å². The number of hydrogen-bond donors (Lipinski definition) is 0. The largest absolute Gasteiger partial charge is 0.368 e. The number of fused-ring (bicyclic) bond motifs is 3. The summed E-state index contributed by atoms with van der Waals surface area (Å²) < 4.78 is 9.55. The molecule has 1 aliphatic carbocycles. The Labute approximate surface area is 138 Å². The Morgan fingerprint density at radius 2 is 2.39 bits per heavy atom. The van der Waals surface area contributed by atoms with Crippen molar-refractivity contribution in [3.05, 3.63) is 21.6 Å². The Kier molecular flexibility index (Phi) is 3.69. The van der Waals surface area contributed by atoms with Gasteiger partial charge in [0.25, 0.3) is 5.91 Å². The average Bonchev–Trinajstić information content (AvgIpc) is 3.25. The number of carbonyl (C=O) groups excluding carboxylic acids is 1. The van der Waals surface area contributed by atoms with Crippen LogP contribution in [-0.4, -0.2) is 33.0 Å². The predicted octanol–water partition coefficient (Wildman–Crippen LogP) is 1.67. The summed E-state index contributed by atoms with van der Waals surface area (Å²) in [5.41, 5.74) is 3.62. The van der Waals surface area contributed by atoms with Gasteiger partial charge in [0, 0.05) is 36.3 Å². The fourth-order valence-electron chi connectivity index (χ4n) is 3.43. The van der Waals surface area contributed by atoms with Gasteiger partial charge in [0.2, 0.25) is 0 Å². The molecule has 6 nitrogen and oxygen atoms in total. The lowest BCUT2D eigenvalue weighted by Gasteiger charge is -2.15. The second-order valence-electron chi connectivity index (χ2n) is 5.98. The first-order valence-corrected chi connectivity index (χ1v) is 8.94. The number of ether oxygens (including phenoxy) is 1. The minimum atomic E-state index is -0.353. The number of hydrogen-bond acceptors (Lipinski definition) is 4. The lowest BCUT2D eigenvalue weighted by Crippen LogP contribution is -2.23. The van der Waals surface area contributed by atoms with Gasteiger partial charge in [-0.15, -0.1) is 11.3 Å². The normalized spacial score (nSPS) is 20.6. The van der Waals surface area contributed by atoms with E-state index in [1.165, 1.54) is 21.8 Å². The van der Waals surface area contributed by atoms with Crippen molar-refractivity contribution in [3.63, 3.8) is 0 Å². The smallest absolute Gasteiger partial charge is 0.277 e. The van der Waals surface area contributed by atoms with Crippen LogP contribution in [0.15, 0.2) is 11.2 Å².